The first-order valence-electron chi connectivity index (χ1n) is 9.72. The van der Waals surface area contributed by atoms with Gasteiger partial charge in [-0.15, -0.1) is 0 Å². The molecule has 0 unspecified atom stereocenters. The predicted octanol–water partition coefficient (Wildman–Crippen LogP) is 3.74. The van der Waals surface area contributed by atoms with E-state index in [2.05, 4.69) is 42.6 Å². The molecule has 3 rings (SSSR count). The second-order valence-electron chi connectivity index (χ2n) is 7.12. The average molecular weight is 357 g/mol. The molecule has 0 bridgehead atoms. The monoisotopic (exact) mass is 357 g/mol. The van der Waals surface area contributed by atoms with Crippen LogP contribution in [0, 0.1) is 0 Å². The van der Waals surface area contributed by atoms with E-state index in [1.54, 1.807) is 7.11 Å². The zero-order valence-electron chi connectivity index (χ0n) is 16.1. The van der Waals surface area contributed by atoms with Gasteiger partial charge >= 0.3 is 0 Å². The smallest absolute Gasteiger partial charge is 0.118 e. The second kappa shape index (κ2) is 9.19. The van der Waals surface area contributed by atoms with Gasteiger partial charge in [0, 0.05) is 37.0 Å². The van der Waals surface area contributed by atoms with E-state index in [0.29, 0.717) is 12.1 Å². The molecule has 2 aromatic rings. The van der Waals surface area contributed by atoms with E-state index in [1.807, 2.05) is 23.0 Å². The fourth-order valence-electron chi connectivity index (χ4n) is 3.60. The minimum atomic E-state index is 0.104. The second-order valence-corrected chi connectivity index (χ2v) is 7.12. The van der Waals surface area contributed by atoms with Crippen LogP contribution in [-0.2, 0) is 17.7 Å². The molecule has 3 atom stereocenters. The summed E-state index contributed by atoms with van der Waals surface area (Å²) >= 11 is 0. The number of nitrogens with one attached hydrogen (secondary N) is 1. The molecule has 1 aliphatic rings. The van der Waals surface area contributed by atoms with Gasteiger partial charge in [0.05, 0.1) is 13.3 Å². The number of hydrogen-bond acceptors (Lipinski definition) is 4. The number of benzene rings is 1. The van der Waals surface area contributed by atoms with Gasteiger partial charge in [-0.05, 0) is 57.2 Å². The number of nitrogens with zero attached hydrogens (tertiary/aromatic N) is 2. The molecule has 0 amide bonds. The number of rotatable bonds is 8. The third-order valence-electron chi connectivity index (χ3n) is 5.15. The van der Waals surface area contributed by atoms with Crippen LogP contribution in [0.25, 0.3) is 0 Å². The van der Waals surface area contributed by atoms with Gasteiger partial charge < -0.3 is 14.8 Å². The lowest BCUT2D eigenvalue weighted by atomic mass is 9.96. The van der Waals surface area contributed by atoms with Crippen LogP contribution in [0.3, 0.4) is 0 Å². The predicted molar refractivity (Wildman–Crippen MR) is 104 cm³/mol. The molecule has 1 fully saturated rings. The third-order valence-corrected chi connectivity index (χ3v) is 5.15. The molecule has 0 spiro atoms. The Morgan fingerprint density at radius 1 is 1.35 bits per heavy atom. The van der Waals surface area contributed by atoms with E-state index in [9.17, 15) is 0 Å². The quantitative estimate of drug-likeness (QED) is 0.782. The van der Waals surface area contributed by atoms with Crippen molar-refractivity contribution in [2.75, 3.05) is 13.7 Å². The summed E-state index contributed by atoms with van der Waals surface area (Å²) < 4.78 is 13.3. The van der Waals surface area contributed by atoms with Crippen molar-refractivity contribution in [3.8, 4) is 5.75 Å². The maximum absolute atomic E-state index is 6.09. The van der Waals surface area contributed by atoms with E-state index in [0.717, 1.165) is 44.6 Å². The van der Waals surface area contributed by atoms with Crippen molar-refractivity contribution >= 4 is 0 Å². The highest BCUT2D eigenvalue weighted by molar-refractivity contribution is 5.27. The van der Waals surface area contributed by atoms with E-state index in [1.165, 1.54) is 11.1 Å². The molecule has 0 aliphatic carbocycles. The van der Waals surface area contributed by atoms with E-state index in [-0.39, 0.29) is 6.10 Å². The number of aryl methyl sites for hydroxylation is 2. The molecule has 2 heterocycles. The number of aromatic nitrogens is 2. The van der Waals surface area contributed by atoms with Gasteiger partial charge in [-0.3, -0.25) is 4.68 Å². The summed E-state index contributed by atoms with van der Waals surface area (Å²) in [5.41, 5.74) is 2.53. The van der Waals surface area contributed by atoms with Gasteiger partial charge in [0.1, 0.15) is 11.9 Å². The van der Waals surface area contributed by atoms with E-state index in [4.69, 9.17) is 9.47 Å². The molecular weight excluding hydrogens is 326 g/mol. The van der Waals surface area contributed by atoms with Gasteiger partial charge in [0.25, 0.3) is 0 Å². The molecule has 0 saturated carbocycles. The summed E-state index contributed by atoms with van der Waals surface area (Å²) in [7, 11) is 1.70. The van der Waals surface area contributed by atoms with Gasteiger partial charge in [-0.1, -0.05) is 12.1 Å². The first-order valence-corrected chi connectivity index (χ1v) is 9.72. The molecule has 5 nitrogen and oxygen atoms in total. The molecule has 5 heteroatoms. The summed E-state index contributed by atoms with van der Waals surface area (Å²) in [6.45, 7) is 6.10. The van der Waals surface area contributed by atoms with Gasteiger partial charge in [-0.25, -0.2) is 0 Å². The van der Waals surface area contributed by atoms with Crippen LogP contribution in [0.4, 0.5) is 0 Å². The van der Waals surface area contributed by atoms with Gasteiger partial charge in [0.15, 0.2) is 0 Å². The Hall–Kier alpha value is -1.85. The highest BCUT2D eigenvalue weighted by Gasteiger charge is 2.29. The van der Waals surface area contributed by atoms with E-state index >= 15 is 0 Å². The molecule has 26 heavy (non-hydrogen) atoms. The van der Waals surface area contributed by atoms with Crippen LogP contribution in [0.5, 0.6) is 5.75 Å². The minimum absolute atomic E-state index is 0.104. The Labute approximate surface area is 156 Å². The molecule has 1 N–H and O–H groups in total. The molecule has 1 saturated heterocycles. The zero-order chi connectivity index (χ0) is 18.4. The summed E-state index contributed by atoms with van der Waals surface area (Å²) in [5.74, 6) is 0.912. The number of methoxy groups -OCH3 is 1. The van der Waals surface area contributed by atoms with Crippen molar-refractivity contribution in [3.05, 3.63) is 47.8 Å². The normalized spacial score (nSPS) is 21.5. The van der Waals surface area contributed by atoms with Crippen LogP contribution in [0.15, 0.2) is 36.7 Å². The van der Waals surface area contributed by atoms with Crippen molar-refractivity contribution < 1.29 is 9.47 Å². The standard InChI is InChI=1S/C21H31N3O2/c1-4-24-15-18(14-22-24)21-20(6-5-13-26-21)23-16(2)7-8-17-9-11-19(25-3)12-10-17/h9-12,14-16,20-21,23H,4-8,13H2,1-3H3/t16-,20-,21+/m0/s1. The Bertz CT molecular complexity index is 668. The zero-order valence-corrected chi connectivity index (χ0v) is 16.1. The fourth-order valence-corrected chi connectivity index (χ4v) is 3.60. The summed E-state index contributed by atoms with van der Waals surface area (Å²) in [4.78, 5) is 0. The van der Waals surface area contributed by atoms with E-state index < -0.39 is 0 Å². The molecule has 1 aromatic heterocycles. The van der Waals surface area contributed by atoms with Crippen LogP contribution >= 0.6 is 0 Å². The summed E-state index contributed by atoms with van der Waals surface area (Å²) in [5, 5.41) is 8.21. The molecule has 1 aromatic carbocycles. The Morgan fingerprint density at radius 2 is 2.15 bits per heavy atom. The largest absolute Gasteiger partial charge is 0.497 e. The highest BCUT2D eigenvalue weighted by Crippen LogP contribution is 2.28. The third kappa shape index (κ3) is 4.86. The summed E-state index contributed by atoms with van der Waals surface area (Å²) in [6.07, 6.45) is 8.60. The molecule has 1 aliphatic heterocycles. The lowest BCUT2D eigenvalue weighted by Crippen LogP contribution is -2.44. The average Bonchev–Trinajstić information content (AvgIpc) is 3.16. The maximum Gasteiger partial charge on any atom is 0.118 e. The van der Waals surface area contributed by atoms with Crippen LogP contribution < -0.4 is 10.1 Å². The Kier molecular flexibility index (Phi) is 6.69. The van der Waals surface area contributed by atoms with Crippen LogP contribution in [0.1, 0.15) is 50.3 Å². The van der Waals surface area contributed by atoms with Crippen molar-refractivity contribution in [1.82, 2.24) is 15.1 Å². The number of hydrogen-bond donors (Lipinski definition) is 1. The molecule has 142 valence electrons. The van der Waals surface area contributed by atoms with Gasteiger partial charge in [-0.2, -0.15) is 5.10 Å². The van der Waals surface area contributed by atoms with Gasteiger partial charge in [0.2, 0.25) is 0 Å². The lowest BCUT2D eigenvalue weighted by molar-refractivity contribution is -0.0136. The highest BCUT2D eigenvalue weighted by atomic mass is 16.5. The summed E-state index contributed by atoms with van der Waals surface area (Å²) in [6, 6.07) is 9.15. The lowest BCUT2D eigenvalue weighted by Gasteiger charge is -2.34. The molecular formula is C21H31N3O2. The van der Waals surface area contributed by atoms with Crippen molar-refractivity contribution in [1.29, 1.82) is 0 Å². The first kappa shape index (κ1) is 18.9. The minimum Gasteiger partial charge on any atom is -0.497 e. The number of ether oxygens (including phenoxy) is 2. The van der Waals surface area contributed by atoms with Crippen LogP contribution in [-0.4, -0.2) is 35.6 Å². The Balaban J connectivity index is 1.54. The molecule has 0 radical (unpaired) electrons. The maximum atomic E-state index is 6.09. The van der Waals surface area contributed by atoms with Crippen LogP contribution in [0.2, 0.25) is 0 Å². The Morgan fingerprint density at radius 3 is 2.85 bits per heavy atom. The fraction of sp³-hybridized carbons (Fsp3) is 0.571. The van der Waals surface area contributed by atoms with Crippen molar-refractivity contribution in [3.63, 3.8) is 0 Å². The first-order chi connectivity index (χ1) is 12.7. The SMILES string of the molecule is CCn1cc([C@H]2OCCC[C@@H]2N[C@@H](C)CCc2ccc(OC)cc2)cn1. The van der Waals surface area contributed by atoms with Crippen molar-refractivity contribution in [2.24, 2.45) is 0 Å². The topological polar surface area (TPSA) is 48.3 Å². The van der Waals surface area contributed by atoms with Crippen molar-refractivity contribution in [2.45, 2.75) is 64.3 Å².